The molecule has 0 aromatic carbocycles. The van der Waals surface area contributed by atoms with Crippen molar-refractivity contribution in [3.63, 3.8) is 0 Å². The highest BCUT2D eigenvalue weighted by molar-refractivity contribution is 9.11. The second-order valence-corrected chi connectivity index (χ2v) is 7.14. The van der Waals surface area contributed by atoms with E-state index in [0.717, 1.165) is 21.5 Å². The zero-order valence-electron chi connectivity index (χ0n) is 10.2. The molecule has 1 nitrogen and oxygen atoms in total. The third-order valence-electron chi connectivity index (χ3n) is 3.32. The summed E-state index contributed by atoms with van der Waals surface area (Å²) in [5.41, 5.74) is 2.44. The summed E-state index contributed by atoms with van der Waals surface area (Å²) < 4.78 is 1.14. The molecule has 0 saturated carbocycles. The van der Waals surface area contributed by atoms with Gasteiger partial charge in [0.1, 0.15) is 6.10 Å². The van der Waals surface area contributed by atoms with Crippen LogP contribution in [-0.4, -0.2) is 5.11 Å². The van der Waals surface area contributed by atoms with E-state index in [9.17, 15) is 5.11 Å². The summed E-state index contributed by atoms with van der Waals surface area (Å²) in [5.74, 6) is 0. The smallest absolute Gasteiger partial charge is 0.109 e. The molecule has 0 amide bonds. The van der Waals surface area contributed by atoms with E-state index in [1.54, 1.807) is 11.3 Å². The van der Waals surface area contributed by atoms with Crippen LogP contribution in [0.1, 0.15) is 55.1 Å². The first-order chi connectivity index (χ1) is 8.18. The minimum absolute atomic E-state index is 0.386. The van der Waals surface area contributed by atoms with Gasteiger partial charge in [0.05, 0.1) is 3.79 Å². The standard InChI is InChI=1S/C14H19BrOS/c1-10-9-12(17-14(10)15)13(16)11-7-5-3-2-4-6-8-11/h7,9,13,16H,2-6,8H2,1H3/b11-7+. The van der Waals surface area contributed by atoms with Crippen molar-refractivity contribution in [1.82, 2.24) is 0 Å². The van der Waals surface area contributed by atoms with Gasteiger partial charge < -0.3 is 5.11 Å². The van der Waals surface area contributed by atoms with Crippen LogP contribution >= 0.6 is 27.3 Å². The second kappa shape index (κ2) is 6.17. The molecule has 0 spiro atoms. The average Bonchev–Trinajstić information content (AvgIpc) is 2.58. The molecule has 1 aliphatic rings. The predicted octanol–water partition coefficient (Wildman–Crippen LogP) is 5.13. The van der Waals surface area contributed by atoms with E-state index >= 15 is 0 Å². The van der Waals surface area contributed by atoms with E-state index in [0.29, 0.717) is 0 Å². The Morgan fingerprint density at radius 1 is 1.29 bits per heavy atom. The molecule has 0 bridgehead atoms. The van der Waals surface area contributed by atoms with Gasteiger partial charge in [0, 0.05) is 4.88 Å². The highest BCUT2D eigenvalue weighted by Gasteiger charge is 2.17. The molecule has 1 N–H and O–H groups in total. The fraction of sp³-hybridized carbons (Fsp3) is 0.571. The number of hydrogen-bond donors (Lipinski definition) is 1. The molecule has 94 valence electrons. The van der Waals surface area contributed by atoms with E-state index in [2.05, 4.69) is 35.0 Å². The number of allylic oxidation sites excluding steroid dienone is 1. The lowest BCUT2D eigenvalue weighted by Gasteiger charge is -2.16. The summed E-state index contributed by atoms with van der Waals surface area (Å²) in [4.78, 5) is 1.07. The summed E-state index contributed by atoms with van der Waals surface area (Å²) in [6.45, 7) is 2.07. The van der Waals surface area contributed by atoms with Gasteiger partial charge in [-0.1, -0.05) is 18.9 Å². The molecular formula is C14H19BrOS. The molecule has 0 radical (unpaired) electrons. The monoisotopic (exact) mass is 314 g/mol. The van der Waals surface area contributed by atoms with Crippen molar-refractivity contribution in [1.29, 1.82) is 0 Å². The maximum Gasteiger partial charge on any atom is 0.109 e. The van der Waals surface area contributed by atoms with E-state index in [1.807, 2.05) is 0 Å². The Morgan fingerprint density at radius 2 is 2.06 bits per heavy atom. The van der Waals surface area contributed by atoms with E-state index in [4.69, 9.17) is 0 Å². The van der Waals surface area contributed by atoms with E-state index < -0.39 is 0 Å². The van der Waals surface area contributed by atoms with Gasteiger partial charge in [-0.05, 0) is 65.7 Å². The molecule has 1 atom stereocenters. The summed E-state index contributed by atoms with van der Waals surface area (Å²) in [6.07, 6.45) is 9.17. The number of thiophene rings is 1. The number of aliphatic hydroxyl groups excluding tert-OH is 1. The van der Waals surface area contributed by atoms with Gasteiger partial charge in [-0.15, -0.1) is 11.3 Å². The first kappa shape index (κ1) is 13.3. The minimum Gasteiger partial charge on any atom is -0.383 e. The number of rotatable bonds is 2. The topological polar surface area (TPSA) is 20.2 Å². The summed E-state index contributed by atoms with van der Waals surface area (Å²) in [5, 5.41) is 10.4. The van der Waals surface area contributed by atoms with Gasteiger partial charge in [-0.2, -0.15) is 0 Å². The molecule has 3 heteroatoms. The summed E-state index contributed by atoms with van der Waals surface area (Å²) in [7, 11) is 0. The predicted molar refractivity (Wildman–Crippen MR) is 77.5 cm³/mol. The largest absolute Gasteiger partial charge is 0.383 e. The lowest BCUT2D eigenvalue weighted by atomic mass is 9.95. The van der Waals surface area contributed by atoms with Crippen LogP contribution in [0.15, 0.2) is 21.5 Å². The third kappa shape index (κ3) is 3.43. The molecule has 1 heterocycles. The van der Waals surface area contributed by atoms with Gasteiger partial charge >= 0.3 is 0 Å². The molecule has 1 aromatic heterocycles. The van der Waals surface area contributed by atoms with Crippen LogP contribution in [0.2, 0.25) is 0 Å². The van der Waals surface area contributed by atoms with Crippen molar-refractivity contribution < 1.29 is 5.11 Å². The van der Waals surface area contributed by atoms with Crippen LogP contribution in [-0.2, 0) is 0 Å². The van der Waals surface area contributed by atoms with Crippen LogP contribution in [0, 0.1) is 6.92 Å². The molecule has 0 aliphatic heterocycles. The highest BCUT2D eigenvalue weighted by Crippen LogP contribution is 2.36. The molecule has 17 heavy (non-hydrogen) atoms. The van der Waals surface area contributed by atoms with Crippen LogP contribution in [0.4, 0.5) is 0 Å². The van der Waals surface area contributed by atoms with E-state index in [-0.39, 0.29) is 6.10 Å². The van der Waals surface area contributed by atoms with Crippen LogP contribution in [0.25, 0.3) is 0 Å². The third-order valence-corrected chi connectivity index (χ3v) is 5.51. The maximum absolute atomic E-state index is 10.4. The fourth-order valence-corrected chi connectivity index (χ4v) is 3.87. The van der Waals surface area contributed by atoms with Crippen molar-refractivity contribution in [3.8, 4) is 0 Å². The van der Waals surface area contributed by atoms with Crippen molar-refractivity contribution in [3.05, 3.63) is 31.9 Å². The number of aliphatic hydroxyl groups is 1. The number of aryl methyl sites for hydroxylation is 1. The second-order valence-electron chi connectivity index (χ2n) is 4.74. The zero-order valence-corrected chi connectivity index (χ0v) is 12.6. The zero-order chi connectivity index (χ0) is 12.3. The molecule has 1 aliphatic carbocycles. The Kier molecular flexibility index (Phi) is 4.83. The number of halogens is 1. The summed E-state index contributed by atoms with van der Waals surface area (Å²) in [6, 6.07) is 2.10. The van der Waals surface area contributed by atoms with Gasteiger partial charge in [0.25, 0.3) is 0 Å². The first-order valence-corrected chi connectivity index (χ1v) is 7.92. The van der Waals surface area contributed by atoms with Crippen LogP contribution in [0.3, 0.4) is 0 Å². The van der Waals surface area contributed by atoms with Gasteiger partial charge in [0.15, 0.2) is 0 Å². The average molecular weight is 315 g/mol. The Balaban J connectivity index is 2.14. The van der Waals surface area contributed by atoms with Crippen molar-refractivity contribution in [2.75, 3.05) is 0 Å². The normalized spacial score (nSPS) is 22.4. The molecule has 1 unspecified atom stereocenters. The van der Waals surface area contributed by atoms with Crippen LogP contribution in [0.5, 0.6) is 0 Å². The lowest BCUT2D eigenvalue weighted by Crippen LogP contribution is -2.01. The summed E-state index contributed by atoms with van der Waals surface area (Å²) >= 11 is 5.18. The maximum atomic E-state index is 10.4. The van der Waals surface area contributed by atoms with Crippen molar-refractivity contribution >= 4 is 27.3 Å². The molecule has 2 rings (SSSR count). The Morgan fingerprint density at radius 3 is 2.76 bits per heavy atom. The van der Waals surface area contributed by atoms with Gasteiger partial charge in [-0.25, -0.2) is 0 Å². The quantitative estimate of drug-likeness (QED) is 0.750. The molecule has 0 saturated heterocycles. The van der Waals surface area contributed by atoms with Crippen molar-refractivity contribution in [2.45, 2.75) is 51.6 Å². The lowest BCUT2D eigenvalue weighted by molar-refractivity contribution is 0.213. The Bertz CT molecular complexity index is 389. The van der Waals surface area contributed by atoms with Gasteiger partial charge in [0.2, 0.25) is 0 Å². The Labute approximate surface area is 116 Å². The molecular weight excluding hydrogens is 296 g/mol. The SMILES string of the molecule is Cc1cc(C(O)/C2=C/CCCCCC2)sc1Br. The first-order valence-electron chi connectivity index (χ1n) is 6.31. The van der Waals surface area contributed by atoms with E-state index in [1.165, 1.54) is 36.8 Å². The minimum atomic E-state index is -0.386. The van der Waals surface area contributed by atoms with Gasteiger partial charge in [-0.3, -0.25) is 0 Å². The van der Waals surface area contributed by atoms with Crippen molar-refractivity contribution in [2.24, 2.45) is 0 Å². The number of hydrogen-bond acceptors (Lipinski definition) is 2. The van der Waals surface area contributed by atoms with Crippen LogP contribution < -0.4 is 0 Å². The highest BCUT2D eigenvalue weighted by atomic mass is 79.9. The fourth-order valence-electron chi connectivity index (χ4n) is 2.27. The molecule has 1 aromatic rings. The Hall–Kier alpha value is -0.120. The molecule has 0 fully saturated rings.